The molecule has 14 heteroatoms. The quantitative estimate of drug-likeness (QED) is 0.653. The average molecular weight is 468 g/mol. The first-order chi connectivity index (χ1) is 14.4. The van der Waals surface area contributed by atoms with Gasteiger partial charge in [-0.2, -0.15) is 0 Å². The van der Waals surface area contributed by atoms with E-state index in [0.29, 0.717) is 4.57 Å². The van der Waals surface area contributed by atoms with Crippen molar-refractivity contribution in [1.82, 2.24) is 9.55 Å². The highest BCUT2D eigenvalue weighted by Gasteiger charge is 2.50. The molecular weight excluding hydrogens is 453 g/mol. The number of phosphoric ester groups is 1. The summed E-state index contributed by atoms with van der Waals surface area (Å²) in [7, 11) is -4.34. The lowest BCUT2D eigenvalue weighted by Crippen LogP contribution is -2.36. The highest BCUT2D eigenvalue weighted by atomic mass is 35.5. The molecule has 0 radical (unpaired) electrons. The van der Waals surface area contributed by atoms with Gasteiger partial charge in [-0.3, -0.25) is 23.4 Å². The molecule has 0 bridgehead atoms. The van der Waals surface area contributed by atoms with Crippen LogP contribution >= 0.6 is 19.4 Å². The lowest BCUT2D eigenvalue weighted by Gasteiger charge is -2.27. The molecule has 1 aromatic carbocycles. The number of aromatic amines is 1. The van der Waals surface area contributed by atoms with Gasteiger partial charge >= 0.3 is 13.5 Å². The molecule has 10 nitrogen and oxygen atoms in total. The number of halogens is 3. The van der Waals surface area contributed by atoms with Crippen LogP contribution in [0, 0.1) is 5.82 Å². The molecule has 1 unspecified atom stereocenters. The predicted molar refractivity (Wildman–Crippen MR) is 96.3 cm³/mol. The molecule has 1 aromatic heterocycles. The van der Waals surface area contributed by atoms with E-state index in [1.165, 1.54) is 6.07 Å². The van der Waals surface area contributed by atoms with Gasteiger partial charge in [0.1, 0.15) is 29.3 Å². The van der Waals surface area contributed by atoms with Crippen molar-refractivity contribution in [2.45, 2.75) is 31.2 Å². The number of nitrogens with one attached hydrogen (secondary N) is 1. The largest absolute Gasteiger partial charge is 0.530 e. The molecule has 2 aliphatic heterocycles. The maximum atomic E-state index is 15.2. The van der Waals surface area contributed by atoms with Crippen LogP contribution in [0.1, 0.15) is 19.6 Å². The van der Waals surface area contributed by atoms with E-state index in [9.17, 15) is 23.7 Å². The lowest BCUT2D eigenvalue weighted by atomic mass is 10.2. The number of H-pyrrole nitrogens is 1. The summed E-state index contributed by atoms with van der Waals surface area (Å²) in [4.78, 5) is 25.2. The molecule has 0 saturated carbocycles. The van der Waals surface area contributed by atoms with Crippen LogP contribution in [0.5, 0.6) is 5.75 Å². The van der Waals surface area contributed by atoms with Gasteiger partial charge in [0.2, 0.25) is 5.85 Å². The summed E-state index contributed by atoms with van der Waals surface area (Å²) in [6, 6.07) is 3.36. The minimum absolute atomic E-state index is 0.0144. The van der Waals surface area contributed by atoms with Crippen LogP contribution in [0.3, 0.4) is 0 Å². The number of nitrogens with zero attached hydrogens (tertiary/aromatic N) is 1. The van der Waals surface area contributed by atoms with Gasteiger partial charge in [0.25, 0.3) is 5.56 Å². The van der Waals surface area contributed by atoms with Crippen molar-refractivity contribution in [2.24, 2.45) is 0 Å². The molecule has 2 N–H and O–H groups in total. The summed E-state index contributed by atoms with van der Waals surface area (Å²) in [6.45, 7) is -1.44. The van der Waals surface area contributed by atoms with E-state index >= 15 is 4.39 Å². The van der Waals surface area contributed by atoms with E-state index in [4.69, 9.17) is 31.3 Å². The molecule has 2 aromatic rings. The third-order valence-corrected chi connectivity index (χ3v) is 5.84. The predicted octanol–water partition coefficient (Wildman–Crippen LogP) is 2.01. The Labute approximate surface area is 172 Å². The number of benzene rings is 1. The number of ether oxygens (including phenoxy) is 1. The van der Waals surface area contributed by atoms with Gasteiger partial charge in [0.15, 0.2) is 6.20 Å². The Morgan fingerprint density at radius 1 is 1.50 bits per heavy atom. The monoisotopic (exact) mass is 467 g/mol. The number of hydrogen-bond donors (Lipinski definition) is 2. The number of fused-ring (bicyclic) bond motifs is 1. The Kier molecular flexibility index (Phi) is 5.00. The van der Waals surface area contributed by atoms with Gasteiger partial charge in [0.05, 0.1) is 7.98 Å². The highest BCUT2D eigenvalue weighted by Crippen LogP contribution is 2.55. The van der Waals surface area contributed by atoms with Crippen LogP contribution in [0.25, 0.3) is 0 Å². The number of phosphoric acid groups is 1. The van der Waals surface area contributed by atoms with E-state index in [1.807, 2.05) is 0 Å². The summed E-state index contributed by atoms with van der Waals surface area (Å²) in [6.07, 6.45) is -4.76. The molecule has 1 saturated heterocycles. The second-order valence-corrected chi connectivity index (χ2v) is 8.49. The van der Waals surface area contributed by atoms with E-state index < -0.39 is 61.1 Å². The van der Waals surface area contributed by atoms with Crippen molar-refractivity contribution in [3.63, 3.8) is 0 Å². The second-order valence-electron chi connectivity index (χ2n) is 6.49. The molecule has 4 rings (SSSR count). The Morgan fingerprint density at radius 2 is 2.27 bits per heavy atom. The smallest absolute Gasteiger partial charge is 0.404 e. The molecule has 3 heterocycles. The number of aliphatic hydroxyl groups excluding tert-OH is 1. The Bertz CT molecular complexity index is 1210. The third kappa shape index (κ3) is 4.07. The molecule has 0 aliphatic carbocycles. The molecule has 162 valence electrons. The standard InChI is InChI=1S/C16H14ClF2N2O8P/c17-10-5-21(15(24)20-13(10)23)14-11(22)4-16(19,28-14)7-27-30(25)26-6-8-3-9(18)1-2-12(8)29-30/h1-3,5,11,14,22H,4,6-7H2,(H,20,23,24)/t11-,14-,16+,30?/m1/s1/i14D. The fourth-order valence-corrected chi connectivity index (χ4v) is 4.26. The van der Waals surface area contributed by atoms with Crippen molar-refractivity contribution in [3.8, 4) is 5.75 Å². The second kappa shape index (κ2) is 7.56. The van der Waals surface area contributed by atoms with Crippen molar-refractivity contribution in [1.29, 1.82) is 0 Å². The van der Waals surface area contributed by atoms with Crippen molar-refractivity contribution >= 4 is 19.4 Å². The molecular formula is C16H14ClF2N2O8P. The summed E-state index contributed by atoms with van der Waals surface area (Å²) in [5.41, 5.74) is -1.86. The van der Waals surface area contributed by atoms with E-state index in [-0.39, 0.29) is 17.9 Å². The van der Waals surface area contributed by atoms with Crippen molar-refractivity contribution in [2.75, 3.05) is 6.61 Å². The maximum absolute atomic E-state index is 15.2. The summed E-state index contributed by atoms with van der Waals surface area (Å²) in [5.74, 6) is -3.44. The van der Waals surface area contributed by atoms with Gasteiger partial charge in [0, 0.05) is 18.2 Å². The Morgan fingerprint density at radius 3 is 3.03 bits per heavy atom. The van der Waals surface area contributed by atoms with Gasteiger partial charge < -0.3 is 14.4 Å². The zero-order valence-electron chi connectivity index (χ0n) is 15.8. The van der Waals surface area contributed by atoms with Crippen LogP contribution < -0.4 is 15.8 Å². The maximum Gasteiger partial charge on any atom is 0.530 e. The summed E-state index contributed by atoms with van der Waals surface area (Å²) >= 11 is 5.64. The van der Waals surface area contributed by atoms with Gasteiger partial charge in [-0.05, 0) is 18.2 Å². The molecule has 30 heavy (non-hydrogen) atoms. The SMILES string of the molecule is [2H][C@@]1(n2cc(Cl)c(=O)[nH]c2=O)O[C@](F)(COP2(=O)OCc3cc(F)ccc3O2)C[C@H]1O. The number of alkyl halides is 1. The fraction of sp³-hybridized carbons (Fsp3) is 0.375. The van der Waals surface area contributed by atoms with Crippen LogP contribution in [0.4, 0.5) is 8.78 Å². The fourth-order valence-electron chi connectivity index (χ4n) is 2.87. The zero-order valence-corrected chi connectivity index (χ0v) is 16.5. The van der Waals surface area contributed by atoms with Crippen molar-refractivity contribution in [3.05, 3.63) is 61.6 Å². The zero-order chi connectivity index (χ0) is 22.6. The van der Waals surface area contributed by atoms with E-state index in [0.717, 1.165) is 18.3 Å². The summed E-state index contributed by atoms with van der Waals surface area (Å²) < 4.78 is 69.7. The lowest BCUT2D eigenvalue weighted by molar-refractivity contribution is -0.179. The Hall–Kier alpha value is -2.08. The first-order valence-electron chi connectivity index (χ1n) is 8.89. The van der Waals surface area contributed by atoms with Gasteiger partial charge in [-0.15, -0.1) is 0 Å². The number of hydrogen-bond acceptors (Lipinski definition) is 8. The Balaban J connectivity index is 1.52. The van der Waals surface area contributed by atoms with E-state index in [2.05, 4.69) is 0 Å². The minimum Gasteiger partial charge on any atom is -0.404 e. The van der Waals surface area contributed by atoms with Crippen LogP contribution in [0.15, 0.2) is 34.0 Å². The van der Waals surface area contributed by atoms with Gasteiger partial charge in [-0.1, -0.05) is 11.6 Å². The first kappa shape index (κ1) is 19.9. The third-order valence-electron chi connectivity index (χ3n) is 4.26. The van der Waals surface area contributed by atoms with Gasteiger partial charge in [-0.25, -0.2) is 18.1 Å². The normalized spacial score (nSPS) is 33.6. The molecule has 2 aliphatic rings. The molecule has 0 spiro atoms. The number of aromatic nitrogens is 2. The van der Waals surface area contributed by atoms with Crippen LogP contribution in [-0.4, -0.2) is 33.2 Å². The van der Waals surface area contributed by atoms with Crippen LogP contribution in [-0.2, 0) is 25.0 Å². The van der Waals surface area contributed by atoms with E-state index in [1.54, 1.807) is 4.98 Å². The average Bonchev–Trinajstić information content (AvgIpc) is 2.93. The summed E-state index contributed by atoms with van der Waals surface area (Å²) in [5, 5.41) is 9.71. The van der Waals surface area contributed by atoms with Crippen molar-refractivity contribution < 1.29 is 38.1 Å². The number of aliphatic hydroxyl groups is 1. The topological polar surface area (TPSA) is 129 Å². The number of rotatable bonds is 4. The molecule has 4 atom stereocenters. The highest BCUT2D eigenvalue weighted by molar-refractivity contribution is 7.49. The minimum atomic E-state index is -4.34. The molecule has 1 fully saturated rings. The first-order valence-corrected chi connectivity index (χ1v) is 10.2. The van der Waals surface area contributed by atoms with Crippen LogP contribution in [0.2, 0.25) is 5.02 Å². The molecule has 0 amide bonds.